The van der Waals surface area contributed by atoms with Crippen molar-refractivity contribution >= 4 is 23.6 Å². The lowest BCUT2D eigenvalue weighted by atomic mass is 10.1. The summed E-state index contributed by atoms with van der Waals surface area (Å²) in [7, 11) is 0. The van der Waals surface area contributed by atoms with Crippen LogP contribution < -0.4 is 5.32 Å². The maximum absolute atomic E-state index is 13.5. The van der Waals surface area contributed by atoms with Crippen LogP contribution in [0, 0.1) is 18.7 Å². The predicted octanol–water partition coefficient (Wildman–Crippen LogP) is 4.53. The molecule has 160 valence electrons. The van der Waals surface area contributed by atoms with Crippen LogP contribution in [0.1, 0.15) is 25.2 Å². The molecule has 1 unspecified atom stereocenters. The molecule has 1 aliphatic heterocycles. The topological polar surface area (TPSA) is 70.4 Å². The molecule has 2 aromatic carbocycles. The molecule has 1 aromatic heterocycles. The number of aliphatic hydroxyl groups is 1. The van der Waals surface area contributed by atoms with Crippen molar-refractivity contribution in [1.82, 2.24) is 14.5 Å². The molecule has 2 heterocycles. The average molecular weight is 420 g/mol. The van der Waals surface area contributed by atoms with Crippen molar-refractivity contribution in [3.05, 3.63) is 71.9 Å². The zero-order chi connectivity index (χ0) is 22.1. The van der Waals surface area contributed by atoms with Crippen LogP contribution >= 0.6 is 0 Å². The van der Waals surface area contributed by atoms with E-state index < -0.39 is 6.10 Å². The quantitative estimate of drug-likeness (QED) is 0.636. The van der Waals surface area contributed by atoms with E-state index in [4.69, 9.17) is 4.98 Å². The molecule has 0 saturated carbocycles. The number of rotatable bonds is 5. The van der Waals surface area contributed by atoms with E-state index in [9.17, 15) is 14.3 Å². The molecule has 1 amide bonds. The van der Waals surface area contributed by atoms with Gasteiger partial charge in [0.25, 0.3) is 5.91 Å². The Morgan fingerprint density at radius 2 is 1.77 bits per heavy atom. The number of halogens is 1. The monoisotopic (exact) mass is 420 g/mol. The summed E-state index contributed by atoms with van der Waals surface area (Å²) in [5, 5.41) is 13.6. The van der Waals surface area contributed by atoms with Crippen LogP contribution in [0.2, 0.25) is 0 Å². The minimum Gasteiger partial charge on any atom is -0.383 e. The van der Waals surface area contributed by atoms with Gasteiger partial charge in [-0.2, -0.15) is 0 Å². The first-order valence-corrected chi connectivity index (χ1v) is 10.2. The highest BCUT2D eigenvalue weighted by Crippen LogP contribution is 2.33. The van der Waals surface area contributed by atoms with Crippen LogP contribution in [0.15, 0.2) is 54.7 Å². The number of carbonyl (C=O) groups excluding carboxylic acids is 1. The molecule has 0 aliphatic carbocycles. The van der Waals surface area contributed by atoms with Crippen molar-refractivity contribution < 1.29 is 14.3 Å². The van der Waals surface area contributed by atoms with Crippen molar-refractivity contribution in [2.24, 2.45) is 5.92 Å². The first-order valence-electron chi connectivity index (χ1n) is 10.2. The molecular formula is C24H25FN4O2. The summed E-state index contributed by atoms with van der Waals surface area (Å²) in [6, 6.07) is 14.1. The van der Waals surface area contributed by atoms with Gasteiger partial charge in [-0.25, -0.2) is 9.37 Å². The average Bonchev–Trinajstić information content (AvgIpc) is 3.12. The van der Waals surface area contributed by atoms with E-state index in [1.165, 1.54) is 17.0 Å². The largest absolute Gasteiger partial charge is 0.383 e. The summed E-state index contributed by atoms with van der Waals surface area (Å²) in [6.45, 7) is 5.85. The normalized spacial score (nSPS) is 13.9. The fourth-order valence-electron chi connectivity index (χ4n) is 3.41. The summed E-state index contributed by atoms with van der Waals surface area (Å²) in [5.74, 6) is 0.493. The van der Waals surface area contributed by atoms with Crippen LogP contribution in [0.5, 0.6) is 0 Å². The number of nitrogens with one attached hydrogen (secondary N) is 1. The van der Waals surface area contributed by atoms with Gasteiger partial charge in [-0.3, -0.25) is 9.36 Å². The van der Waals surface area contributed by atoms with E-state index in [-0.39, 0.29) is 24.2 Å². The second-order valence-electron chi connectivity index (χ2n) is 8.05. The smallest absolute Gasteiger partial charge is 0.256 e. The van der Waals surface area contributed by atoms with Crippen molar-refractivity contribution in [2.45, 2.75) is 33.4 Å². The number of fused-ring (bicyclic) bond motifs is 1. The maximum atomic E-state index is 13.5. The van der Waals surface area contributed by atoms with Gasteiger partial charge in [0, 0.05) is 23.7 Å². The molecule has 0 bridgehead atoms. The Kier molecular flexibility index (Phi) is 5.61. The van der Waals surface area contributed by atoms with Gasteiger partial charge in [-0.15, -0.1) is 0 Å². The molecule has 3 aromatic rings. The highest BCUT2D eigenvalue weighted by molar-refractivity contribution is 5.83. The Bertz CT molecular complexity index is 1120. The van der Waals surface area contributed by atoms with Gasteiger partial charge in [-0.1, -0.05) is 31.5 Å². The van der Waals surface area contributed by atoms with E-state index in [1.807, 2.05) is 35.8 Å². The van der Waals surface area contributed by atoms with E-state index in [2.05, 4.69) is 5.32 Å². The zero-order valence-electron chi connectivity index (χ0n) is 17.7. The lowest BCUT2D eigenvalue weighted by molar-refractivity contribution is -0.140. The minimum atomic E-state index is -1.08. The van der Waals surface area contributed by atoms with Crippen LogP contribution in [0.3, 0.4) is 0 Å². The van der Waals surface area contributed by atoms with Crippen molar-refractivity contribution in [3.8, 4) is 11.3 Å². The number of imidazole rings is 1. The Morgan fingerprint density at radius 3 is 2.42 bits per heavy atom. The first kappa shape index (κ1) is 20.8. The van der Waals surface area contributed by atoms with Crippen molar-refractivity contribution in [3.63, 3.8) is 0 Å². The zero-order valence-corrected chi connectivity index (χ0v) is 17.7. The molecule has 7 heteroatoms. The number of carbonyl (C=O) groups is 1. The summed E-state index contributed by atoms with van der Waals surface area (Å²) < 4.78 is 15.4. The SMILES string of the molecule is Cc1ccc(Nc2c(-c3ccc(F)cc3)nc3n2C=CN(C(=O)C(O)C(C)C)C3)cc1. The Morgan fingerprint density at radius 1 is 1.10 bits per heavy atom. The minimum absolute atomic E-state index is 0.184. The van der Waals surface area contributed by atoms with Gasteiger partial charge in [0.2, 0.25) is 0 Å². The van der Waals surface area contributed by atoms with Crippen LogP contribution in [-0.4, -0.2) is 31.6 Å². The van der Waals surface area contributed by atoms with Gasteiger partial charge in [0.05, 0.1) is 6.54 Å². The summed E-state index contributed by atoms with van der Waals surface area (Å²) >= 11 is 0. The highest BCUT2D eigenvalue weighted by atomic mass is 19.1. The summed E-state index contributed by atoms with van der Waals surface area (Å²) in [6.07, 6.45) is 2.32. The lowest BCUT2D eigenvalue weighted by Gasteiger charge is -2.26. The fraction of sp³-hybridized carbons (Fsp3) is 0.250. The Balaban J connectivity index is 1.73. The standard InChI is InChI=1S/C24H25FN4O2/c1-15(2)22(30)24(31)28-12-13-29-20(14-28)27-21(17-6-8-18(25)9-7-17)23(29)26-19-10-4-16(3)5-11-19/h4-13,15,22,26,30H,14H2,1-3H3. The van der Waals surface area contributed by atoms with Crippen molar-refractivity contribution in [1.29, 1.82) is 0 Å². The molecule has 0 saturated heterocycles. The molecule has 31 heavy (non-hydrogen) atoms. The second-order valence-corrected chi connectivity index (χ2v) is 8.05. The Hall–Kier alpha value is -3.45. The van der Waals surface area contributed by atoms with E-state index >= 15 is 0 Å². The molecular weight excluding hydrogens is 395 g/mol. The summed E-state index contributed by atoms with van der Waals surface area (Å²) in [4.78, 5) is 18.8. The second kappa shape index (κ2) is 8.35. The number of nitrogens with zero attached hydrogens (tertiary/aromatic N) is 3. The fourth-order valence-corrected chi connectivity index (χ4v) is 3.41. The maximum Gasteiger partial charge on any atom is 0.256 e. The highest BCUT2D eigenvalue weighted by Gasteiger charge is 2.28. The third-order valence-corrected chi connectivity index (χ3v) is 5.29. The Labute approximate surface area is 180 Å². The van der Waals surface area contributed by atoms with Crippen molar-refractivity contribution in [2.75, 3.05) is 5.32 Å². The van der Waals surface area contributed by atoms with Gasteiger partial charge in [0.15, 0.2) is 0 Å². The number of benzene rings is 2. The van der Waals surface area contributed by atoms with Crippen LogP contribution in [-0.2, 0) is 11.3 Å². The number of hydrogen-bond acceptors (Lipinski definition) is 4. The van der Waals surface area contributed by atoms with Gasteiger partial charge < -0.3 is 15.3 Å². The third-order valence-electron chi connectivity index (χ3n) is 5.29. The molecule has 4 rings (SSSR count). The first-order chi connectivity index (χ1) is 14.8. The molecule has 2 N–H and O–H groups in total. The van der Waals surface area contributed by atoms with E-state index in [0.717, 1.165) is 22.6 Å². The number of amides is 1. The van der Waals surface area contributed by atoms with E-state index in [1.54, 1.807) is 38.4 Å². The molecule has 0 fully saturated rings. The van der Waals surface area contributed by atoms with Gasteiger partial charge in [0.1, 0.15) is 29.3 Å². The number of hydrogen-bond donors (Lipinski definition) is 2. The number of aryl methyl sites for hydroxylation is 1. The van der Waals surface area contributed by atoms with E-state index in [0.29, 0.717) is 11.5 Å². The van der Waals surface area contributed by atoms with Crippen LogP contribution in [0.25, 0.3) is 17.5 Å². The molecule has 1 atom stereocenters. The number of aliphatic hydroxyl groups excluding tert-OH is 1. The molecule has 0 radical (unpaired) electrons. The number of aromatic nitrogens is 2. The third kappa shape index (κ3) is 4.22. The number of anilines is 2. The molecule has 0 spiro atoms. The van der Waals surface area contributed by atoms with Gasteiger partial charge >= 0.3 is 0 Å². The summed E-state index contributed by atoms with van der Waals surface area (Å²) in [5.41, 5.74) is 3.45. The molecule has 1 aliphatic rings. The lowest BCUT2D eigenvalue weighted by Crippen LogP contribution is -2.39. The molecule has 6 nitrogen and oxygen atoms in total. The predicted molar refractivity (Wildman–Crippen MR) is 119 cm³/mol. The van der Waals surface area contributed by atoms with Gasteiger partial charge in [-0.05, 0) is 49.2 Å². The van der Waals surface area contributed by atoms with Crippen LogP contribution in [0.4, 0.5) is 15.9 Å².